The first-order chi connectivity index (χ1) is 13.9. The van der Waals surface area contributed by atoms with E-state index in [0.29, 0.717) is 11.3 Å². The number of rotatable bonds is 6. The number of likely N-dealkylation sites (N-methyl/N-ethyl adjacent to an activating group) is 1. The number of benzene rings is 1. The molecule has 0 spiro atoms. The Hall–Kier alpha value is -2.87. The van der Waals surface area contributed by atoms with Gasteiger partial charge in [0.25, 0.3) is 5.91 Å². The van der Waals surface area contributed by atoms with Crippen molar-refractivity contribution in [2.24, 2.45) is 5.73 Å². The molecule has 1 saturated heterocycles. The van der Waals surface area contributed by atoms with Crippen LogP contribution < -0.4 is 10.6 Å². The number of primary amides is 1. The SMILES string of the molecule is CN1CCN(c2ccc(C(=O)/C=C/c3ccc(/C=C(\O)C(N)=O)nc3)cc2)CC1.Cl.Cl. The molecule has 166 valence electrons. The lowest BCUT2D eigenvalue weighted by atomic mass is 10.1. The summed E-state index contributed by atoms with van der Waals surface area (Å²) in [5.74, 6) is -1.57. The summed E-state index contributed by atoms with van der Waals surface area (Å²) >= 11 is 0. The summed E-state index contributed by atoms with van der Waals surface area (Å²) in [4.78, 5) is 32.0. The second-order valence-electron chi connectivity index (χ2n) is 6.95. The van der Waals surface area contributed by atoms with Gasteiger partial charge in [-0.05, 0) is 55.1 Å². The molecule has 0 radical (unpaired) electrons. The molecule has 0 aliphatic carbocycles. The second-order valence-corrected chi connectivity index (χ2v) is 6.95. The fourth-order valence-corrected chi connectivity index (χ4v) is 2.98. The lowest BCUT2D eigenvalue weighted by Crippen LogP contribution is -2.44. The average molecular weight is 465 g/mol. The van der Waals surface area contributed by atoms with Crippen molar-refractivity contribution in [3.8, 4) is 0 Å². The number of allylic oxidation sites excluding steroid dienone is 1. The first-order valence-electron chi connectivity index (χ1n) is 9.35. The maximum atomic E-state index is 12.4. The van der Waals surface area contributed by atoms with Crippen molar-refractivity contribution < 1.29 is 14.7 Å². The zero-order valence-corrected chi connectivity index (χ0v) is 18.7. The predicted molar refractivity (Wildman–Crippen MR) is 128 cm³/mol. The minimum atomic E-state index is -0.917. The summed E-state index contributed by atoms with van der Waals surface area (Å²) in [7, 11) is 2.12. The van der Waals surface area contributed by atoms with Crippen LogP contribution in [0.2, 0.25) is 0 Å². The molecule has 1 aromatic carbocycles. The molecule has 1 amide bonds. The number of nitrogens with zero attached hydrogens (tertiary/aromatic N) is 3. The van der Waals surface area contributed by atoms with Gasteiger partial charge in [0.2, 0.25) is 0 Å². The van der Waals surface area contributed by atoms with Gasteiger partial charge in [-0.3, -0.25) is 14.6 Å². The van der Waals surface area contributed by atoms with Crippen LogP contribution in [0.15, 0.2) is 54.4 Å². The highest BCUT2D eigenvalue weighted by Crippen LogP contribution is 2.18. The number of piperazine rings is 1. The van der Waals surface area contributed by atoms with Gasteiger partial charge in [0.1, 0.15) is 0 Å². The zero-order chi connectivity index (χ0) is 20.8. The number of aliphatic hydroxyl groups excluding tert-OH is 1. The zero-order valence-electron chi connectivity index (χ0n) is 17.1. The number of aromatic nitrogens is 1. The maximum Gasteiger partial charge on any atom is 0.283 e. The molecule has 1 aliphatic rings. The van der Waals surface area contributed by atoms with Crippen molar-refractivity contribution in [3.63, 3.8) is 0 Å². The molecule has 1 aliphatic heterocycles. The largest absolute Gasteiger partial charge is 0.503 e. The van der Waals surface area contributed by atoms with Crippen molar-refractivity contribution in [1.29, 1.82) is 0 Å². The van der Waals surface area contributed by atoms with Gasteiger partial charge in [0.05, 0.1) is 5.69 Å². The van der Waals surface area contributed by atoms with Crippen LogP contribution in [0.25, 0.3) is 12.2 Å². The van der Waals surface area contributed by atoms with Crippen molar-refractivity contribution in [2.75, 3.05) is 38.1 Å². The van der Waals surface area contributed by atoms with Crippen LogP contribution >= 0.6 is 24.8 Å². The molecule has 1 aromatic heterocycles. The lowest BCUT2D eigenvalue weighted by molar-refractivity contribution is -0.116. The maximum absolute atomic E-state index is 12.4. The Morgan fingerprint density at radius 2 is 1.68 bits per heavy atom. The number of pyridine rings is 1. The number of amides is 1. The van der Waals surface area contributed by atoms with Gasteiger partial charge in [-0.15, -0.1) is 24.8 Å². The number of hydrogen-bond acceptors (Lipinski definition) is 6. The molecule has 0 atom stereocenters. The number of ketones is 1. The first-order valence-corrected chi connectivity index (χ1v) is 9.35. The van der Waals surface area contributed by atoms with Crippen molar-refractivity contribution in [3.05, 3.63) is 71.3 Å². The highest BCUT2D eigenvalue weighted by atomic mass is 35.5. The number of carbonyl (C=O) groups excluding carboxylic acids is 2. The Morgan fingerprint density at radius 1 is 1.03 bits per heavy atom. The third-order valence-electron chi connectivity index (χ3n) is 4.79. The fraction of sp³-hybridized carbons (Fsp3) is 0.227. The Kier molecular flexibility index (Phi) is 10.2. The van der Waals surface area contributed by atoms with Gasteiger partial charge in [0, 0.05) is 49.7 Å². The summed E-state index contributed by atoms with van der Waals surface area (Å²) in [5.41, 5.74) is 7.84. The van der Waals surface area contributed by atoms with Gasteiger partial charge in [-0.1, -0.05) is 6.07 Å². The van der Waals surface area contributed by atoms with Crippen LogP contribution in [0.3, 0.4) is 0 Å². The number of anilines is 1. The van der Waals surface area contributed by atoms with Crippen LogP contribution in [0, 0.1) is 0 Å². The summed E-state index contributed by atoms with van der Waals surface area (Å²) < 4.78 is 0. The molecule has 3 N–H and O–H groups in total. The smallest absolute Gasteiger partial charge is 0.283 e. The summed E-state index contributed by atoms with van der Waals surface area (Å²) in [5, 5.41) is 9.35. The third kappa shape index (κ3) is 7.40. The number of aliphatic hydroxyl groups is 1. The Bertz CT molecular complexity index is 936. The molecule has 31 heavy (non-hydrogen) atoms. The van der Waals surface area contributed by atoms with Crippen molar-refractivity contribution in [2.45, 2.75) is 0 Å². The van der Waals surface area contributed by atoms with Gasteiger partial charge in [-0.2, -0.15) is 0 Å². The highest BCUT2D eigenvalue weighted by Gasteiger charge is 2.14. The van der Waals surface area contributed by atoms with E-state index in [1.54, 1.807) is 24.4 Å². The lowest BCUT2D eigenvalue weighted by Gasteiger charge is -2.34. The number of halogens is 2. The van der Waals surface area contributed by atoms with E-state index in [2.05, 4.69) is 21.8 Å². The molecule has 2 aromatic rings. The van der Waals surface area contributed by atoms with Gasteiger partial charge >= 0.3 is 0 Å². The number of nitrogens with two attached hydrogens (primary N) is 1. The minimum absolute atomic E-state index is 0. The van der Waals surface area contributed by atoms with Crippen molar-refractivity contribution in [1.82, 2.24) is 9.88 Å². The molecule has 0 unspecified atom stereocenters. The molecule has 7 nitrogen and oxygen atoms in total. The fourth-order valence-electron chi connectivity index (χ4n) is 2.98. The van der Waals surface area contributed by atoms with Crippen molar-refractivity contribution >= 4 is 54.3 Å². The van der Waals surface area contributed by atoms with Crippen LogP contribution in [-0.4, -0.2) is 59.9 Å². The second kappa shape index (κ2) is 12.1. The van der Waals surface area contributed by atoms with E-state index in [9.17, 15) is 14.7 Å². The van der Waals surface area contributed by atoms with Gasteiger partial charge in [-0.25, -0.2) is 0 Å². The molecule has 2 heterocycles. The topological polar surface area (TPSA) is 99.8 Å². The predicted octanol–water partition coefficient (Wildman–Crippen LogP) is 2.96. The Morgan fingerprint density at radius 3 is 2.23 bits per heavy atom. The summed E-state index contributed by atoms with van der Waals surface area (Å²) in [6.07, 6.45) is 5.90. The normalized spacial score (nSPS) is 14.6. The van der Waals surface area contributed by atoms with Crippen LogP contribution in [0.4, 0.5) is 5.69 Å². The van der Waals surface area contributed by atoms with E-state index in [4.69, 9.17) is 5.73 Å². The van der Waals surface area contributed by atoms with Gasteiger partial charge in [0.15, 0.2) is 11.5 Å². The van der Waals surface area contributed by atoms with E-state index in [1.165, 1.54) is 12.2 Å². The van der Waals surface area contributed by atoms with Crippen LogP contribution in [-0.2, 0) is 4.79 Å². The average Bonchev–Trinajstić information content (AvgIpc) is 2.73. The minimum Gasteiger partial charge on any atom is -0.503 e. The standard InChI is InChI=1S/C22H24N4O3.2ClH/c1-25-10-12-26(13-11-25)19-7-4-17(5-8-19)20(27)9-3-16-2-6-18(24-15-16)14-21(28)22(23)29;;/h2-9,14-15,28H,10-13H2,1H3,(H2,23,29);2*1H/b9-3+,21-14-;;. The first kappa shape index (κ1) is 26.2. The monoisotopic (exact) mass is 464 g/mol. The molecule has 3 rings (SSSR count). The van der Waals surface area contributed by atoms with E-state index >= 15 is 0 Å². The Labute approximate surface area is 194 Å². The number of hydrogen-bond donors (Lipinski definition) is 2. The van der Waals surface area contributed by atoms with Crippen LogP contribution in [0.1, 0.15) is 21.6 Å². The molecular formula is C22H26Cl2N4O3. The van der Waals surface area contributed by atoms with E-state index in [-0.39, 0.29) is 30.6 Å². The summed E-state index contributed by atoms with van der Waals surface area (Å²) in [6.45, 7) is 4.04. The Balaban J connectivity index is 0.00000240. The van der Waals surface area contributed by atoms with E-state index < -0.39 is 11.7 Å². The number of carbonyl (C=O) groups is 2. The van der Waals surface area contributed by atoms with Crippen LogP contribution in [0.5, 0.6) is 0 Å². The molecule has 1 fully saturated rings. The highest BCUT2D eigenvalue weighted by molar-refractivity contribution is 6.07. The molecule has 9 heteroatoms. The quantitative estimate of drug-likeness (QED) is 0.387. The van der Waals surface area contributed by atoms with E-state index in [0.717, 1.165) is 37.4 Å². The third-order valence-corrected chi connectivity index (χ3v) is 4.79. The molecule has 0 saturated carbocycles. The molecular weight excluding hydrogens is 439 g/mol. The molecule has 0 bridgehead atoms. The van der Waals surface area contributed by atoms with Gasteiger partial charge < -0.3 is 20.6 Å². The summed E-state index contributed by atoms with van der Waals surface area (Å²) in [6, 6.07) is 11.0. The van der Waals surface area contributed by atoms with E-state index in [1.807, 2.05) is 24.3 Å².